The van der Waals surface area contributed by atoms with Crippen LogP contribution in [0.4, 0.5) is 0 Å². The van der Waals surface area contributed by atoms with Gasteiger partial charge in [0.25, 0.3) is 0 Å². The van der Waals surface area contributed by atoms with Gasteiger partial charge in [-0.25, -0.2) is 0 Å². The van der Waals surface area contributed by atoms with E-state index in [9.17, 15) is 0 Å². The molecule has 0 aliphatic rings. The molecular weight excluding hydrogens is 338 g/mol. The molecule has 0 aliphatic carbocycles. The molecule has 0 fully saturated rings. The summed E-state index contributed by atoms with van der Waals surface area (Å²) in [6, 6.07) is 10.8. The summed E-state index contributed by atoms with van der Waals surface area (Å²) in [7, 11) is 0. The van der Waals surface area contributed by atoms with E-state index in [4.69, 9.17) is 0 Å². The predicted molar refractivity (Wildman–Crippen MR) is 127 cm³/mol. The minimum absolute atomic E-state index is 0.0725. The molecule has 0 saturated heterocycles. The van der Waals surface area contributed by atoms with Gasteiger partial charge in [-0.15, -0.1) is 0 Å². The molecule has 0 spiro atoms. The molecule has 1 nitrogen and oxygen atoms in total. The lowest BCUT2D eigenvalue weighted by molar-refractivity contribution is 0.394. The van der Waals surface area contributed by atoms with Crippen LogP contribution in [0.3, 0.4) is 0 Å². The SMILES string of the molecule is CCCCCCCC/C=C\CCCCCCCCNC(C)(C)c1ccccc1. The summed E-state index contributed by atoms with van der Waals surface area (Å²) in [4.78, 5) is 0. The van der Waals surface area contributed by atoms with Gasteiger partial charge in [0.2, 0.25) is 0 Å². The molecule has 0 aromatic heterocycles. The summed E-state index contributed by atoms with van der Waals surface area (Å²) >= 11 is 0. The van der Waals surface area contributed by atoms with Gasteiger partial charge in [0, 0.05) is 5.54 Å². The van der Waals surface area contributed by atoms with Crippen molar-refractivity contribution in [2.75, 3.05) is 6.54 Å². The van der Waals surface area contributed by atoms with Crippen LogP contribution in [0.15, 0.2) is 42.5 Å². The molecule has 0 unspecified atom stereocenters. The summed E-state index contributed by atoms with van der Waals surface area (Å²) in [5.41, 5.74) is 1.45. The Labute approximate surface area is 176 Å². The van der Waals surface area contributed by atoms with Crippen molar-refractivity contribution in [3.8, 4) is 0 Å². The summed E-state index contributed by atoms with van der Waals surface area (Å²) in [6.45, 7) is 7.96. The molecule has 0 radical (unpaired) electrons. The van der Waals surface area contributed by atoms with Crippen molar-refractivity contribution >= 4 is 0 Å². The molecule has 0 atom stereocenters. The number of nitrogens with one attached hydrogen (secondary N) is 1. The van der Waals surface area contributed by atoms with Gasteiger partial charge in [-0.2, -0.15) is 0 Å². The van der Waals surface area contributed by atoms with Crippen molar-refractivity contribution in [3.63, 3.8) is 0 Å². The van der Waals surface area contributed by atoms with E-state index >= 15 is 0 Å². The topological polar surface area (TPSA) is 12.0 Å². The Kier molecular flexibility index (Phi) is 15.0. The fraction of sp³-hybridized carbons (Fsp3) is 0.704. The van der Waals surface area contributed by atoms with Crippen molar-refractivity contribution in [1.82, 2.24) is 5.32 Å². The number of unbranched alkanes of at least 4 members (excludes halogenated alkanes) is 12. The summed E-state index contributed by atoms with van der Waals surface area (Å²) in [6.07, 6.45) is 24.0. The largest absolute Gasteiger partial charge is 0.308 e. The van der Waals surface area contributed by atoms with Crippen LogP contribution in [0.5, 0.6) is 0 Å². The third-order valence-corrected chi connectivity index (χ3v) is 5.75. The van der Waals surface area contributed by atoms with E-state index in [2.05, 4.69) is 68.6 Å². The quantitative estimate of drug-likeness (QED) is 0.197. The lowest BCUT2D eigenvalue weighted by Gasteiger charge is -2.27. The fourth-order valence-corrected chi connectivity index (χ4v) is 3.73. The van der Waals surface area contributed by atoms with E-state index in [0.717, 1.165) is 6.54 Å². The lowest BCUT2D eigenvalue weighted by Crippen LogP contribution is -2.37. The first-order chi connectivity index (χ1) is 13.7. The van der Waals surface area contributed by atoms with E-state index in [-0.39, 0.29) is 5.54 Å². The van der Waals surface area contributed by atoms with Gasteiger partial charge in [0.05, 0.1) is 0 Å². The van der Waals surface area contributed by atoms with E-state index in [0.29, 0.717) is 0 Å². The Morgan fingerprint density at radius 1 is 0.679 bits per heavy atom. The third kappa shape index (κ3) is 13.2. The Bertz CT molecular complexity index is 474. The van der Waals surface area contributed by atoms with Crippen molar-refractivity contribution in [2.24, 2.45) is 0 Å². The second-order valence-electron chi connectivity index (χ2n) is 8.86. The first-order valence-corrected chi connectivity index (χ1v) is 12.1. The number of hydrogen-bond donors (Lipinski definition) is 1. The van der Waals surface area contributed by atoms with Gasteiger partial charge in [0.15, 0.2) is 0 Å². The van der Waals surface area contributed by atoms with Gasteiger partial charge in [-0.1, -0.05) is 107 Å². The summed E-state index contributed by atoms with van der Waals surface area (Å²) in [5, 5.41) is 3.72. The number of rotatable bonds is 18. The molecule has 160 valence electrons. The van der Waals surface area contributed by atoms with E-state index in [1.807, 2.05) is 0 Å². The van der Waals surface area contributed by atoms with Crippen LogP contribution in [0.25, 0.3) is 0 Å². The van der Waals surface area contributed by atoms with Crippen molar-refractivity contribution < 1.29 is 0 Å². The standard InChI is InChI=1S/C27H47N/c1-4-5-6-7-8-9-10-11-12-13-14-15-16-17-18-22-25-28-27(2,3)26-23-20-19-21-24-26/h11-12,19-21,23-24,28H,4-10,13-18,22,25H2,1-3H3/b12-11-. The zero-order chi connectivity index (χ0) is 20.3. The molecule has 0 aliphatic heterocycles. The molecule has 28 heavy (non-hydrogen) atoms. The molecule has 0 bridgehead atoms. The maximum Gasteiger partial charge on any atom is 0.0377 e. The molecule has 0 amide bonds. The minimum Gasteiger partial charge on any atom is -0.308 e. The average Bonchev–Trinajstić information content (AvgIpc) is 2.71. The highest BCUT2D eigenvalue weighted by atomic mass is 14.9. The summed E-state index contributed by atoms with van der Waals surface area (Å²) < 4.78 is 0. The molecule has 1 heteroatoms. The molecule has 1 aromatic carbocycles. The van der Waals surface area contributed by atoms with Gasteiger partial charge in [0.1, 0.15) is 0 Å². The average molecular weight is 386 g/mol. The molecule has 0 heterocycles. The molecule has 1 rings (SSSR count). The van der Waals surface area contributed by atoms with E-state index < -0.39 is 0 Å². The molecule has 0 saturated carbocycles. The first kappa shape index (κ1) is 25.0. The van der Waals surface area contributed by atoms with Crippen LogP contribution >= 0.6 is 0 Å². The monoisotopic (exact) mass is 385 g/mol. The van der Waals surface area contributed by atoms with Gasteiger partial charge in [-0.05, 0) is 58.1 Å². The predicted octanol–water partition coefficient (Wildman–Crippen LogP) is 8.55. The molecule has 1 N–H and O–H groups in total. The second kappa shape index (κ2) is 16.8. The normalized spacial score (nSPS) is 12.1. The van der Waals surface area contributed by atoms with E-state index in [1.54, 1.807) is 0 Å². The number of allylic oxidation sites excluding steroid dienone is 2. The fourth-order valence-electron chi connectivity index (χ4n) is 3.73. The van der Waals surface area contributed by atoms with Gasteiger partial charge >= 0.3 is 0 Å². The minimum atomic E-state index is 0.0725. The zero-order valence-corrected chi connectivity index (χ0v) is 19.1. The highest BCUT2D eigenvalue weighted by Crippen LogP contribution is 2.19. The van der Waals surface area contributed by atoms with Crippen LogP contribution in [0.2, 0.25) is 0 Å². The van der Waals surface area contributed by atoms with Gasteiger partial charge in [-0.3, -0.25) is 0 Å². The maximum atomic E-state index is 3.72. The Morgan fingerprint density at radius 3 is 1.75 bits per heavy atom. The second-order valence-corrected chi connectivity index (χ2v) is 8.86. The highest BCUT2D eigenvalue weighted by molar-refractivity contribution is 5.22. The van der Waals surface area contributed by atoms with Crippen molar-refractivity contribution in [1.29, 1.82) is 0 Å². The van der Waals surface area contributed by atoms with Crippen molar-refractivity contribution in [2.45, 2.75) is 116 Å². The molecular formula is C27H47N. The first-order valence-electron chi connectivity index (χ1n) is 12.1. The summed E-state index contributed by atoms with van der Waals surface area (Å²) in [5.74, 6) is 0. The van der Waals surface area contributed by atoms with Crippen LogP contribution in [-0.2, 0) is 5.54 Å². The molecule has 1 aromatic rings. The number of hydrogen-bond acceptors (Lipinski definition) is 1. The lowest BCUT2D eigenvalue weighted by atomic mass is 9.94. The van der Waals surface area contributed by atoms with E-state index in [1.165, 1.54) is 95.5 Å². The Morgan fingerprint density at radius 2 is 1.18 bits per heavy atom. The van der Waals surface area contributed by atoms with Crippen molar-refractivity contribution in [3.05, 3.63) is 48.0 Å². The maximum absolute atomic E-state index is 3.72. The van der Waals surface area contributed by atoms with Crippen LogP contribution in [-0.4, -0.2) is 6.54 Å². The van der Waals surface area contributed by atoms with Gasteiger partial charge < -0.3 is 5.32 Å². The third-order valence-electron chi connectivity index (χ3n) is 5.75. The van der Waals surface area contributed by atoms with Crippen LogP contribution < -0.4 is 5.32 Å². The number of benzene rings is 1. The smallest absolute Gasteiger partial charge is 0.0377 e. The zero-order valence-electron chi connectivity index (χ0n) is 19.1. The van der Waals surface area contributed by atoms with Crippen LogP contribution in [0, 0.1) is 0 Å². The Hall–Kier alpha value is -1.08. The Balaban J connectivity index is 1.86. The highest BCUT2D eigenvalue weighted by Gasteiger charge is 2.18. The van der Waals surface area contributed by atoms with Crippen LogP contribution in [0.1, 0.15) is 116 Å².